The van der Waals surface area contributed by atoms with Gasteiger partial charge in [-0.1, -0.05) is 29.8 Å². The van der Waals surface area contributed by atoms with Crippen LogP contribution in [0.15, 0.2) is 30.5 Å². The summed E-state index contributed by atoms with van der Waals surface area (Å²) < 4.78 is 0. The Labute approximate surface area is 147 Å². The molecule has 0 spiro atoms. The van der Waals surface area contributed by atoms with Crippen LogP contribution in [0.4, 0.5) is 5.95 Å². The molecule has 0 radical (unpaired) electrons. The fraction of sp³-hybridized carbons (Fsp3) is 0.389. The minimum atomic E-state index is -0.00707. The van der Waals surface area contributed by atoms with Gasteiger partial charge in [0, 0.05) is 44.3 Å². The van der Waals surface area contributed by atoms with Gasteiger partial charge in [0.25, 0.3) is 5.91 Å². The lowest BCUT2D eigenvalue weighted by molar-refractivity contribution is 0.0789. The van der Waals surface area contributed by atoms with Crippen molar-refractivity contribution in [2.45, 2.75) is 19.3 Å². The molecule has 24 heavy (non-hydrogen) atoms. The van der Waals surface area contributed by atoms with E-state index >= 15 is 0 Å². The van der Waals surface area contributed by atoms with Crippen molar-refractivity contribution in [1.82, 2.24) is 14.9 Å². The van der Waals surface area contributed by atoms with Crippen molar-refractivity contribution in [2.75, 3.05) is 32.1 Å². The van der Waals surface area contributed by atoms with Gasteiger partial charge in [0.2, 0.25) is 5.95 Å². The van der Waals surface area contributed by atoms with E-state index in [1.807, 2.05) is 55.1 Å². The van der Waals surface area contributed by atoms with Crippen LogP contribution in [0.5, 0.6) is 0 Å². The van der Waals surface area contributed by atoms with Crippen LogP contribution in [-0.4, -0.2) is 48.0 Å². The number of likely N-dealkylation sites (tertiary alicyclic amines) is 1. The first-order chi connectivity index (χ1) is 11.5. The minimum absolute atomic E-state index is 0.00707. The van der Waals surface area contributed by atoms with Gasteiger partial charge in [-0.2, -0.15) is 0 Å². The normalized spacial score (nSPS) is 17.2. The fourth-order valence-electron chi connectivity index (χ4n) is 3.06. The van der Waals surface area contributed by atoms with Crippen molar-refractivity contribution in [2.24, 2.45) is 0 Å². The molecule has 1 amide bonds. The molecule has 6 heteroatoms. The average Bonchev–Trinajstić information content (AvgIpc) is 3.04. The summed E-state index contributed by atoms with van der Waals surface area (Å²) in [6.45, 7) is 3.25. The van der Waals surface area contributed by atoms with E-state index in [0.29, 0.717) is 23.8 Å². The van der Waals surface area contributed by atoms with Crippen LogP contribution in [0.1, 0.15) is 34.0 Å². The first-order valence-electron chi connectivity index (χ1n) is 8.02. The lowest BCUT2D eigenvalue weighted by Gasteiger charge is -2.19. The van der Waals surface area contributed by atoms with Crippen molar-refractivity contribution in [3.63, 3.8) is 0 Å². The van der Waals surface area contributed by atoms with Gasteiger partial charge in [0.05, 0.1) is 11.3 Å². The number of aryl methyl sites for hydroxylation is 1. The summed E-state index contributed by atoms with van der Waals surface area (Å²) in [6, 6.07) is 7.86. The van der Waals surface area contributed by atoms with Crippen molar-refractivity contribution in [3.05, 3.63) is 52.3 Å². The second kappa shape index (κ2) is 6.77. The number of hydrogen-bond donors (Lipinski definition) is 0. The lowest BCUT2D eigenvalue weighted by Crippen LogP contribution is -2.29. The molecule has 5 nitrogen and oxygen atoms in total. The maximum atomic E-state index is 12.8. The van der Waals surface area contributed by atoms with Crippen LogP contribution in [0.3, 0.4) is 0 Å². The molecule has 1 aliphatic rings. The molecule has 1 atom stereocenters. The zero-order valence-electron chi connectivity index (χ0n) is 14.2. The first kappa shape index (κ1) is 16.7. The maximum Gasteiger partial charge on any atom is 0.257 e. The second-order valence-electron chi connectivity index (χ2n) is 6.32. The molecule has 1 fully saturated rings. The number of nitrogens with zero attached hydrogens (tertiary/aromatic N) is 4. The van der Waals surface area contributed by atoms with E-state index in [-0.39, 0.29) is 11.8 Å². The highest BCUT2D eigenvalue weighted by atomic mass is 35.5. The topological polar surface area (TPSA) is 49.3 Å². The summed E-state index contributed by atoms with van der Waals surface area (Å²) in [5, 5.41) is 0.770. The van der Waals surface area contributed by atoms with Gasteiger partial charge >= 0.3 is 0 Å². The third kappa shape index (κ3) is 3.22. The maximum absolute atomic E-state index is 12.8. The largest absolute Gasteiger partial charge is 0.347 e. The molecule has 0 saturated carbocycles. The Morgan fingerprint density at radius 2 is 2.08 bits per heavy atom. The van der Waals surface area contributed by atoms with Crippen LogP contribution in [0, 0.1) is 6.92 Å². The van der Waals surface area contributed by atoms with Gasteiger partial charge in [0.15, 0.2) is 0 Å². The molecule has 0 unspecified atom stereocenters. The van der Waals surface area contributed by atoms with Crippen molar-refractivity contribution >= 4 is 23.5 Å². The smallest absolute Gasteiger partial charge is 0.257 e. The summed E-state index contributed by atoms with van der Waals surface area (Å²) in [4.78, 5) is 25.2. The number of benzene rings is 1. The van der Waals surface area contributed by atoms with Crippen LogP contribution in [-0.2, 0) is 0 Å². The van der Waals surface area contributed by atoms with Gasteiger partial charge in [-0.3, -0.25) is 4.79 Å². The highest BCUT2D eigenvalue weighted by Gasteiger charge is 2.30. The van der Waals surface area contributed by atoms with Crippen molar-refractivity contribution < 1.29 is 4.79 Å². The van der Waals surface area contributed by atoms with Gasteiger partial charge in [-0.05, 0) is 25.0 Å². The van der Waals surface area contributed by atoms with Crippen molar-refractivity contribution in [3.8, 4) is 0 Å². The Bertz CT molecular complexity index is 762. The van der Waals surface area contributed by atoms with E-state index in [1.54, 1.807) is 6.20 Å². The summed E-state index contributed by atoms with van der Waals surface area (Å²) in [5.41, 5.74) is 2.39. The zero-order valence-corrected chi connectivity index (χ0v) is 14.9. The number of carbonyl (C=O) groups excluding carboxylic acids is 1. The van der Waals surface area contributed by atoms with E-state index in [1.165, 1.54) is 0 Å². The van der Waals surface area contributed by atoms with Gasteiger partial charge in [0.1, 0.15) is 0 Å². The molecule has 1 saturated heterocycles. The Balaban J connectivity index is 1.76. The highest BCUT2D eigenvalue weighted by Crippen LogP contribution is 2.32. The molecule has 2 heterocycles. The number of amides is 1. The Morgan fingerprint density at radius 3 is 2.75 bits per heavy atom. The van der Waals surface area contributed by atoms with Gasteiger partial charge in [-0.15, -0.1) is 0 Å². The van der Waals surface area contributed by atoms with E-state index in [9.17, 15) is 4.79 Å². The molecule has 1 aromatic carbocycles. The lowest BCUT2D eigenvalue weighted by atomic mass is 9.98. The van der Waals surface area contributed by atoms with E-state index in [2.05, 4.69) is 9.97 Å². The fourth-order valence-corrected chi connectivity index (χ4v) is 3.35. The number of rotatable bonds is 3. The SMILES string of the molecule is Cc1nc(N(C)C)ncc1C(=O)N1CC[C@H](c2ccccc2Cl)C1. The number of aromatic nitrogens is 2. The van der Waals surface area contributed by atoms with E-state index < -0.39 is 0 Å². The zero-order chi connectivity index (χ0) is 17.3. The van der Waals surface area contributed by atoms with Crippen LogP contribution in [0.2, 0.25) is 5.02 Å². The Morgan fingerprint density at radius 1 is 1.33 bits per heavy atom. The third-order valence-electron chi connectivity index (χ3n) is 4.42. The predicted molar refractivity (Wildman–Crippen MR) is 95.8 cm³/mol. The monoisotopic (exact) mass is 344 g/mol. The highest BCUT2D eigenvalue weighted by molar-refractivity contribution is 6.31. The molecular formula is C18H21ClN4O. The van der Waals surface area contributed by atoms with Crippen LogP contribution >= 0.6 is 11.6 Å². The number of anilines is 1. The Hall–Kier alpha value is -2.14. The van der Waals surface area contributed by atoms with E-state index in [0.717, 1.165) is 23.6 Å². The quantitative estimate of drug-likeness (QED) is 0.858. The molecule has 1 aromatic heterocycles. The summed E-state index contributed by atoms with van der Waals surface area (Å²) in [6.07, 6.45) is 2.55. The molecule has 0 bridgehead atoms. The molecule has 0 aliphatic carbocycles. The summed E-state index contributed by atoms with van der Waals surface area (Å²) >= 11 is 6.29. The summed E-state index contributed by atoms with van der Waals surface area (Å²) in [5.74, 6) is 0.886. The predicted octanol–water partition coefficient (Wildman–Crippen LogP) is 3.13. The Kier molecular flexibility index (Phi) is 4.71. The molecule has 126 valence electrons. The van der Waals surface area contributed by atoms with Gasteiger partial charge < -0.3 is 9.80 Å². The molecule has 2 aromatic rings. The second-order valence-corrected chi connectivity index (χ2v) is 6.73. The number of hydrogen-bond acceptors (Lipinski definition) is 4. The van der Waals surface area contributed by atoms with Gasteiger partial charge in [-0.25, -0.2) is 9.97 Å². The third-order valence-corrected chi connectivity index (χ3v) is 4.76. The van der Waals surface area contributed by atoms with Crippen LogP contribution < -0.4 is 4.90 Å². The average molecular weight is 345 g/mol. The summed E-state index contributed by atoms with van der Waals surface area (Å²) in [7, 11) is 3.76. The molecule has 0 N–H and O–H groups in total. The standard InChI is InChI=1S/C18H21ClN4O/c1-12-15(10-20-18(21-12)22(2)3)17(24)23-9-8-13(11-23)14-6-4-5-7-16(14)19/h4-7,10,13H,8-9,11H2,1-3H3/t13-/m0/s1. The first-order valence-corrected chi connectivity index (χ1v) is 8.40. The van der Waals surface area contributed by atoms with Crippen LogP contribution in [0.25, 0.3) is 0 Å². The molecule has 1 aliphatic heterocycles. The van der Waals surface area contributed by atoms with E-state index in [4.69, 9.17) is 11.6 Å². The molecular weight excluding hydrogens is 324 g/mol. The minimum Gasteiger partial charge on any atom is -0.347 e. The molecule has 3 rings (SSSR count). The van der Waals surface area contributed by atoms with Crippen molar-refractivity contribution in [1.29, 1.82) is 0 Å². The number of halogens is 1. The number of carbonyl (C=O) groups is 1.